The Kier molecular flexibility index (Phi) is 4.77. The first-order valence-electron chi connectivity index (χ1n) is 6.64. The Morgan fingerprint density at radius 1 is 1.29 bits per heavy atom. The third kappa shape index (κ3) is 3.72. The number of nitrogens with one attached hydrogen (secondary N) is 1. The number of anilines is 1. The number of aryl methyl sites for hydroxylation is 1. The van der Waals surface area contributed by atoms with E-state index in [9.17, 15) is 4.39 Å². The zero-order chi connectivity index (χ0) is 15.2. The van der Waals surface area contributed by atoms with E-state index >= 15 is 0 Å². The van der Waals surface area contributed by atoms with Crippen LogP contribution in [0.1, 0.15) is 17.0 Å². The van der Waals surface area contributed by atoms with Crippen LogP contribution >= 0.6 is 0 Å². The van der Waals surface area contributed by atoms with Crippen LogP contribution in [-0.4, -0.2) is 17.6 Å². The Hall–Kier alpha value is -2.56. The molecule has 5 heteroatoms. The van der Waals surface area contributed by atoms with Crippen LogP contribution in [0.15, 0.2) is 53.7 Å². The van der Waals surface area contributed by atoms with Crippen molar-refractivity contribution in [3.63, 3.8) is 0 Å². The largest absolute Gasteiger partial charge is 0.409 e. The van der Waals surface area contributed by atoms with Crippen molar-refractivity contribution in [1.82, 2.24) is 0 Å². The monoisotopic (exact) mass is 287 g/mol. The van der Waals surface area contributed by atoms with Crippen LogP contribution in [0, 0.1) is 12.7 Å². The van der Waals surface area contributed by atoms with Gasteiger partial charge in [0.15, 0.2) is 0 Å². The van der Waals surface area contributed by atoms with Crippen LogP contribution in [0.2, 0.25) is 0 Å². The fourth-order valence-electron chi connectivity index (χ4n) is 2.12. The van der Waals surface area contributed by atoms with Crippen molar-refractivity contribution < 1.29 is 9.60 Å². The zero-order valence-corrected chi connectivity index (χ0v) is 11.8. The van der Waals surface area contributed by atoms with Gasteiger partial charge in [-0.15, -0.1) is 0 Å². The van der Waals surface area contributed by atoms with Crippen molar-refractivity contribution in [3.8, 4) is 0 Å². The van der Waals surface area contributed by atoms with Gasteiger partial charge in [-0.05, 0) is 36.2 Å². The van der Waals surface area contributed by atoms with Crippen LogP contribution in [0.25, 0.3) is 0 Å². The van der Waals surface area contributed by atoms with Crippen molar-refractivity contribution >= 4 is 11.5 Å². The summed E-state index contributed by atoms with van der Waals surface area (Å²) in [4.78, 5) is 0. The molecule has 0 aliphatic heterocycles. The van der Waals surface area contributed by atoms with Crippen LogP contribution in [-0.2, 0) is 0 Å². The van der Waals surface area contributed by atoms with E-state index in [4.69, 9.17) is 10.9 Å². The first-order chi connectivity index (χ1) is 10.1. The third-order valence-corrected chi connectivity index (χ3v) is 3.34. The molecular formula is C16H18FN3O. The summed E-state index contributed by atoms with van der Waals surface area (Å²) in [6.07, 6.45) is 0. The number of nitrogens with two attached hydrogens (primary N) is 1. The molecular weight excluding hydrogens is 269 g/mol. The summed E-state index contributed by atoms with van der Waals surface area (Å²) in [5, 5.41) is 15.2. The maximum Gasteiger partial charge on any atom is 0.148 e. The van der Waals surface area contributed by atoms with Gasteiger partial charge in [-0.3, -0.25) is 0 Å². The smallest absolute Gasteiger partial charge is 0.148 e. The second-order valence-electron chi connectivity index (χ2n) is 4.83. The van der Waals surface area contributed by atoms with Gasteiger partial charge in [0.25, 0.3) is 0 Å². The first kappa shape index (κ1) is 14.8. The number of amidine groups is 1. The molecule has 4 nitrogen and oxygen atoms in total. The van der Waals surface area contributed by atoms with Crippen LogP contribution in [0.5, 0.6) is 0 Å². The maximum absolute atomic E-state index is 13.2. The Morgan fingerprint density at radius 2 is 2.00 bits per heavy atom. The highest BCUT2D eigenvalue weighted by Gasteiger charge is 2.16. The number of rotatable bonds is 5. The fourth-order valence-corrected chi connectivity index (χ4v) is 2.12. The average Bonchev–Trinajstić information content (AvgIpc) is 2.51. The van der Waals surface area contributed by atoms with E-state index in [1.54, 1.807) is 19.1 Å². The van der Waals surface area contributed by atoms with E-state index in [0.717, 1.165) is 11.3 Å². The molecule has 0 radical (unpaired) electrons. The van der Waals surface area contributed by atoms with Crippen molar-refractivity contribution in [2.75, 3.05) is 11.9 Å². The predicted molar refractivity (Wildman–Crippen MR) is 82.2 cm³/mol. The maximum atomic E-state index is 13.2. The molecule has 0 spiro atoms. The lowest BCUT2D eigenvalue weighted by molar-refractivity contribution is 0.316. The number of hydrogen-bond donors (Lipinski definition) is 3. The summed E-state index contributed by atoms with van der Waals surface area (Å²) in [7, 11) is 0. The highest BCUT2D eigenvalue weighted by Crippen LogP contribution is 2.19. The lowest BCUT2D eigenvalue weighted by Gasteiger charge is -2.17. The Morgan fingerprint density at radius 3 is 2.62 bits per heavy atom. The van der Waals surface area contributed by atoms with Crippen LogP contribution in [0.4, 0.5) is 10.1 Å². The van der Waals surface area contributed by atoms with Crippen LogP contribution < -0.4 is 11.1 Å². The van der Waals surface area contributed by atoms with Gasteiger partial charge in [0.05, 0.1) is 5.92 Å². The van der Waals surface area contributed by atoms with Gasteiger partial charge in [-0.1, -0.05) is 35.5 Å². The molecule has 2 aromatic carbocycles. The van der Waals surface area contributed by atoms with Gasteiger partial charge >= 0.3 is 0 Å². The molecule has 1 atom stereocenters. The molecule has 0 aliphatic rings. The normalized spacial score (nSPS) is 13.0. The standard InChI is InChI=1S/C16H18FN3O/c1-11-9-13(7-8-15(11)17)19-10-14(16(18)20-21)12-5-3-2-4-6-12/h2-9,14,19,21H,10H2,1H3,(H2,18,20). The molecule has 0 aliphatic carbocycles. The molecule has 21 heavy (non-hydrogen) atoms. The molecule has 0 saturated heterocycles. The number of hydrogen-bond acceptors (Lipinski definition) is 3. The molecule has 2 aromatic rings. The average molecular weight is 287 g/mol. The fraction of sp³-hybridized carbons (Fsp3) is 0.188. The van der Waals surface area contributed by atoms with Gasteiger partial charge in [-0.2, -0.15) is 0 Å². The summed E-state index contributed by atoms with van der Waals surface area (Å²) < 4.78 is 13.2. The molecule has 0 bridgehead atoms. The summed E-state index contributed by atoms with van der Waals surface area (Å²) in [6, 6.07) is 14.3. The molecule has 0 aromatic heterocycles. The molecule has 0 saturated carbocycles. The van der Waals surface area contributed by atoms with Gasteiger partial charge < -0.3 is 16.3 Å². The topological polar surface area (TPSA) is 70.6 Å². The number of benzene rings is 2. The lowest BCUT2D eigenvalue weighted by Crippen LogP contribution is -2.28. The Balaban J connectivity index is 2.15. The Labute approximate surface area is 123 Å². The van der Waals surface area contributed by atoms with Crippen molar-refractivity contribution in [2.24, 2.45) is 10.9 Å². The SMILES string of the molecule is Cc1cc(NCC(C(N)=NO)c2ccccc2)ccc1F. The van der Waals surface area contributed by atoms with Crippen LogP contribution in [0.3, 0.4) is 0 Å². The minimum Gasteiger partial charge on any atom is -0.409 e. The van der Waals surface area contributed by atoms with Gasteiger partial charge in [0.1, 0.15) is 11.7 Å². The number of nitrogens with zero attached hydrogens (tertiary/aromatic N) is 1. The quantitative estimate of drug-likeness (QED) is 0.342. The van der Waals surface area contributed by atoms with E-state index in [2.05, 4.69) is 10.5 Å². The molecule has 0 fully saturated rings. The van der Waals surface area contributed by atoms with Crippen molar-refractivity contribution in [3.05, 3.63) is 65.5 Å². The zero-order valence-electron chi connectivity index (χ0n) is 11.8. The molecule has 0 heterocycles. The van der Waals surface area contributed by atoms with E-state index in [1.807, 2.05) is 30.3 Å². The van der Waals surface area contributed by atoms with Gasteiger partial charge in [-0.25, -0.2) is 4.39 Å². The second-order valence-corrected chi connectivity index (χ2v) is 4.83. The van der Waals surface area contributed by atoms with Gasteiger partial charge in [0, 0.05) is 12.2 Å². The molecule has 1 unspecified atom stereocenters. The van der Waals surface area contributed by atoms with E-state index < -0.39 is 0 Å². The summed E-state index contributed by atoms with van der Waals surface area (Å²) >= 11 is 0. The van der Waals surface area contributed by atoms with E-state index in [0.29, 0.717) is 12.1 Å². The van der Waals surface area contributed by atoms with E-state index in [1.165, 1.54) is 6.07 Å². The summed E-state index contributed by atoms with van der Waals surface area (Å²) in [5.74, 6) is -0.370. The Bertz CT molecular complexity index is 629. The molecule has 0 amide bonds. The summed E-state index contributed by atoms with van der Waals surface area (Å²) in [6.45, 7) is 2.16. The van der Waals surface area contributed by atoms with Crippen molar-refractivity contribution in [1.29, 1.82) is 0 Å². The minimum atomic E-state index is -0.262. The second kappa shape index (κ2) is 6.74. The highest BCUT2D eigenvalue weighted by molar-refractivity contribution is 5.87. The lowest BCUT2D eigenvalue weighted by atomic mass is 9.98. The minimum absolute atomic E-state index is 0.132. The van der Waals surface area contributed by atoms with Gasteiger partial charge in [0.2, 0.25) is 0 Å². The first-order valence-corrected chi connectivity index (χ1v) is 6.64. The summed E-state index contributed by atoms with van der Waals surface area (Å²) in [5.41, 5.74) is 8.07. The highest BCUT2D eigenvalue weighted by atomic mass is 19.1. The predicted octanol–water partition coefficient (Wildman–Crippen LogP) is 3.08. The van der Waals surface area contributed by atoms with E-state index in [-0.39, 0.29) is 17.6 Å². The number of oxime groups is 1. The molecule has 110 valence electrons. The third-order valence-electron chi connectivity index (χ3n) is 3.34. The molecule has 4 N–H and O–H groups in total. The number of halogens is 1. The molecule has 2 rings (SSSR count). The van der Waals surface area contributed by atoms with Crippen molar-refractivity contribution in [2.45, 2.75) is 12.8 Å².